The van der Waals surface area contributed by atoms with Crippen LogP contribution >= 0.6 is 23.2 Å². The normalized spacial score (nSPS) is 10.3. The fourth-order valence-electron chi connectivity index (χ4n) is 1.34. The Kier molecular flexibility index (Phi) is 4.70. The summed E-state index contributed by atoms with van der Waals surface area (Å²) in [5, 5.41) is 4.11. The Hall–Kier alpha value is -1.66. The summed E-state index contributed by atoms with van der Waals surface area (Å²) in [5.74, 6) is 1.15. The summed E-state index contributed by atoms with van der Waals surface area (Å²) in [5.41, 5.74) is 0. The van der Waals surface area contributed by atoms with Gasteiger partial charge in [-0.3, -0.25) is 0 Å². The number of aromatic nitrogens is 4. The number of halogens is 2. The molecule has 0 bridgehead atoms. The molecule has 0 aliphatic heterocycles. The summed E-state index contributed by atoms with van der Waals surface area (Å²) in [6.07, 6.45) is 6.22. The van der Waals surface area contributed by atoms with Gasteiger partial charge in [-0.25, -0.2) is 19.9 Å². The van der Waals surface area contributed by atoms with Crippen molar-refractivity contribution >= 4 is 35.1 Å². The van der Waals surface area contributed by atoms with Crippen molar-refractivity contribution in [1.29, 1.82) is 0 Å². The predicted octanol–water partition coefficient (Wildman–Crippen LogP) is 2.12. The minimum Gasteiger partial charge on any atom is -0.352 e. The molecule has 1 N–H and O–H groups in total. The molecule has 0 amide bonds. The van der Waals surface area contributed by atoms with Crippen LogP contribution in [0.5, 0.6) is 0 Å². The van der Waals surface area contributed by atoms with E-state index in [1.807, 2.05) is 11.9 Å². The maximum Gasteiger partial charge on any atom is 0.225 e. The van der Waals surface area contributed by atoms with E-state index in [2.05, 4.69) is 25.3 Å². The third kappa shape index (κ3) is 4.18. The van der Waals surface area contributed by atoms with E-state index in [0.29, 0.717) is 35.0 Å². The van der Waals surface area contributed by atoms with Crippen LogP contribution in [-0.2, 0) is 0 Å². The van der Waals surface area contributed by atoms with Crippen molar-refractivity contribution < 1.29 is 0 Å². The average Bonchev–Trinajstić information content (AvgIpc) is 2.41. The first kappa shape index (κ1) is 13.8. The zero-order valence-corrected chi connectivity index (χ0v) is 11.7. The molecule has 100 valence electrons. The number of nitrogens with one attached hydrogen (secondary N) is 1. The van der Waals surface area contributed by atoms with E-state index in [4.69, 9.17) is 23.2 Å². The Labute approximate surface area is 120 Å². The number of nitrogens with zero attached hydrogens (tertiary/aromatic N) is 5. The van der Waals surface area contributed by atoms with E-state index in [1.54, 1.807) is 24.8 Å². The van der Waals surface area contributed by atoms with E-state index < -0.39 is 0 Å². The molecule has 8 heteroatoms. The highest BCUT2D eigenvalue weighted by Crippen LogP contribution is 2.09. The van der Waals surface area contributed by atoms with Gasteiger partial charge in [-0.15, -0.1) is 0 Å². The smallest absolute Gasteiger partial charge is 0.225 e. The van der Waals surface area contributed by atoms with Crippen LogP contribution in [0.25, 0.3) is 0 Å². The third-order valence-electron chi connectivity index (χ3n) is 2.30. The summed E-state index contributed by atoms with van der Waals surface area (Å²) >= 11 is 11.4. The Morgan fingerprint density at radius 1 is 1.00 bits per heavy atom. The second-order valence-electron chi connectivity index (χ2n) is 3.77. The monoisotopic (exact) mass is 298 g/mol. The lowest BCUT2D eigenvalue weighted by Gasteiger charge is -2.16. The van der Waals surface area contributed by atoms with Gasteiger partial charge in [-0.05, 0) is 0 Å². The number of anilines is 2. The van der Waals surface area contributed by atoms with Gasteiger partial charge in [0.25, 0.3) is 0 Å². The molecule has 0 aromatic carbocycles. The molecular weight excluding hydrogens is 287 g/mol. The largest absolute Gasteiger partial charge is 0.352 e. The van der Waals surface area contributed by atoms with E-state index in [9.17, 15) is 0 Å². The fourth-order valence-corrected chi connectivity index (χ4v) is 1.54. The van der Waals surface area contributed by atoms with Crippen molar-refractivity contribution in [1.82, 2.24) is 19.9 Å². The summed E-state index contributed by atoms with van der Waals surface area (Å²) in [6, 6.07) is 0. The van der Waals surface area contributed by atoms with Gasteiger partial charge in [0.2, 0.25) is 11.9 Å². The summed E-state index contributed by atoms with van der Waals surface area (Å²) in [4.78, 5) is 18.2. The van der Waals surface area contributed by atoms with Crippen molar-refractivity contribution in [3.05, 3.63) is 34.8 Å². The molecule has 2 rings (SSSR count). The molecule has 0 saturated carbocycles. The first-order valence-electron chi connectivity index (χ1n) is 5.55. The third-order valence-corrected chi connectivity index (χ3v) is 2.69. The van der Waals surface area contributed by atoms with E-state index >= 15 is 0 Å². The first-order chi connectivity index (χ1) is 9.15. The van der Waals surface area contributed by atoms with Gasteiger partial charge in [0.1, 0.15) is 0 Å². The quantitative estimate of drug-likeness (QED) is 0.912. The molecule has 2 heterocycles. The van der Waals surface area contributed by atoms with Crippen molar-refractivity contribution in [2.24, 2.45) is 0 Å². The molecule has 2 aromatic rings. The molecule has 6 nitrogen and oxygen atoms in total. The van der Waals surface area contributed by atoms with Gasteiger partial charge in [0.15, 0.2) is 0 Å². The molecule has 19 heavy (non-hydrogen) atoms. The lowest BCUT2D eigenvalue weighted by Crippen LogP contribution is -2.26. The van der Waals surface area contributed by atoms with Crippen molar-refractivity contribution in [2.75, 3.05) is 30.4 Å². The van der Waals surface area contributed by atoms with Gasteiger partial charge < -0.3 is 10.2 Å². The Morgan fingerprint density at radius 3 is 2.11 bits per heavy atom. The SMILES string of the molecule is CN(CCNc1ncc(Cl)cn1)c1ncc(Cl)cn1. The van der Waals surface area contributed by atoms with E-state index in [-0.39, 0.29) is 0 Å². The van der Waals surface area contributed by atoms with Gasteiger partial charge >= 0.3 is 0 Å². The minimum absolute atomic E-state index is 0.511. The Balaban J connectivity index is 1.82. The molecule has 0 saturated heterocycles. The van der Waals surface area contributed by atoms with Crippen LogP contribution in [0.15, 0.2) is 24.8 Å². The molecule has 0 spiro atoms. The molecule has 0 atom stereocenters. The second kappa shape index (κ2) is 6.49. The molecule has 2 aromatic heterocycles. The van der Waals surface area contributed by atoms with Crippen LogP contribution in [0, 0.1) is 0 Å². The molecular formula is C11H12Cl2N6. The minimum atomic E-state index is 0.511. The molecule has 0 aliphatic rings. The highest BCUT2D eigenvalue weighted by Gasteiger charge is 2.04. The van der Waals surface area contributed by atoms with Crippen LogP contribution in [0.1, 0.15) is 0 Å². The standard InChI is InChI=1S/C11H12Cl2N6/c1-19(11-17-6-9(13)7-18-11)3-2-14-10-15-4-8(12)5-16-10/h4-7H,2-3H2,1H3,(H,14,15,16). The van der Waals surface area contributed by atoms with E-state index in [1.165, 1.54) is 0 Å². The number of hydrogen-bond acceptors (Lipinski definition) is 6. The molecule has 0 radical (unpaired) electrons. The second-order valence-corrected chi connectivity index (χ2v) is 4.65. The average molecular weight is 299 g/mol. The number of likely N-dealkylation sites (N-methyl/N-ethyl adjacent to an activating group) is 1. The maximum absolute atomic E-state index is 5.73. The first-order valence-corrected chi connectivity index (χ1v) is 6.31. The summed E-state index contributed by atoms with van der Waals surface area (Å²) in [6.45, 7) is 1.36. The fraction of sp³-hybridized carbons (Fsp3) is 0.273. The zero-order chi connectivity index (χ0) is 13.7. The van der Waals surface area contributed by atoms with Crippen LogP contribution in [0.4, 0.5) is 11.9 Å². The lowest BCUT2D eigenvalue weighted by atomic mass is 10.5. The van der Waals surface area contributed by atoms with Crippen LogP contribution < -0.4 is 10.2 Å². The van der Waals surface area contributed by atoms with Crippen LogP contribution in [0.2, 0.25) is 10.0 Å². The van der Waals surface area contributed by atoms with Crippen molar-refractivity contribution in [3.63, 3.8) is 0 Å². The molecule has 0 unspecified atom stereocenters. The van der Waals surface area contributed by atoms with E-state index in [0.717, 1.165) is 0 Å². The van der Waals surface area contributed by atoms with Gasteiger partial charge in [-0.2, -0.15) is 0 Å². The highest BCUT2D eigenvalue weighted by atomic mass is 35.5. The zero-order valence-electron chi connectivity index (χ0n) is 10.2. The predicted molar refractivity (Wildman–Crippen MR) is 75.8 cm³/mol. The topological polar surface area (TPSA) is 66.8 Å². The maximum atomic E-state index is 5.73. The van der Waals surface area contributed by atoms with Crippen molar-refractivity contribution in [3.8, 4) is 0 Å². The Morgan fingerprint density at radius 2 is 1.53 bits per heavy atom. The Bertz CT molecular complexity index is 516. The summed E-state index contributed by atoms with van der Waals surface area (Å²) < 4.78 is 0. The molecule has 0 aliphatic carbocycles. The summed E-state index contributed by atoms with van der Waals surface area (Å²) in [7, 11) is 1.90. The van der Waals surface area contributed by atoms with Gasteiger partial charge in [0, 0.05) is 20.1 Å². The van der Waals surface area contributed by atoms with Crippen LogP contribution in [0.3, 0.4) is 0 Å². The number of hydrogen-bond donors (Lipinski definition) is 1. The lowest BCUT2D eigenvalue weighted by molar-refractivity contribution is 0.859. The highest BCUT2D eigenvalue weighted by molar-refractivity contribution is 6.30. The van der Waals surface area contributed by atoms with Crippen LogP contribution in [-0.4, -0.2) is 40.1 Å². The van der Waals surface area contributed by atoms with Gasteiger partial charge in [0.05, 0.1) is 34.8 Å². The van der Waals surface area contributed by atoms with Crippen molar-refractivity contribution in [2.45, 2.75) is 0 Å². The molecule has 0 fully saturated rings. The van der Waals surface area contributed by atoms with Gasteiger partial charge in [-0.1, -0.05) is 23.2 Å². The number of rotatable bonds is 5.